The van der Waals surface area contributed by atoms with Crippen LogP contribution < -0.4 is 9.47 Å². The predicted molar refractivity (Wildman–Crippen MR) is 91.4 cm³/mol. The van der Waals surface area contributed by atoms with E-state index in [0.717, 1.165) is 18.2 Å². The molecule has 22 heavy (non-hydrogen) atoms. The van der Waals surface area contributed by atoms with E-state index in [0.29, 0.717) is 29.2 Å². The first-order valence-corrected chi connectivity index (χ1v) is 8.35. The molecule has 0 atom stereocenters. The molecule has 2 aromatic rings. The van der Waals surface area contributed by atoms with Gasteiger partial charge in [-0.05, 0) is 25.0 Å². The van der Waals surface area contributed by atoms with E-state index in [4.69, 9.17) is 9.47 Å². The van der Waals surface area contributed by atoms with E-state index in [1.165, 1.54) is 0 Å². The molecule has 0 aromatic heterocycles. The minimum Gasteiger partial charge on any atom is -0.497 e. The SMILES string of the molecule is COc1ccc(C(=O)c2ccccc2)c(OCCCCBr)c1. The summed E-state index contributed by atoms with van der Waals surface area (Å²) in [7, 11) is 1.60. The molecule has 0 heterocycles. The average molecular weight is 363 g/mol. The second kappa shape index (κ2) is 8.59. The first-order chi connectivity index (χ1) is 10.8. The van der Waals surface area contributed by atoms with E-state index in [2.05, 4.69) is 15.9 Å². The van der Waals surface area contributed by atoms with Crippen molar-refractivity contribution < 1.29 is 14.3 Å². The van der Waals surface area contributed by atoms with Crippen LogP contribution in [0.1, 0.15) is 28.8 Å². The Morgan fingerprint density at radius 2 is 1.86 bits per heavy atom. The molecular formula is C18H19BrO3. The fourth-order valence-corrected chi connectivity index (χ4v) is 2.46. The molecule has 4 heteroatoms. The van der Waals surface area contributed by atoms with Gasteiger partial charge in [0.15, 0.2) is 5.78 Å². The number of methoxy groups -OCH3 is 1. The number of carbonyl (C=O) groups is 1. The highest BCUT2D eigenvalue weighted by molar-refractivity contribution is 9.09. The Bertz CT molecular complexity index is 611. The normalized spacial score (nSPS) is 10.3. The molecule has 0 saturated carbocycles. The molecule has 0 bridgehead atoms. The average Bonchev–Trinajstić information content (AvgIpc) is 2.58. The minimum absolute atomic E-state index is 0.0428. The Balaban J connectivity index is 2.23. The van der Waals surface area contributed by atoms with Crippen LogP contribution in [0.2, 0.25) is 0 Å². The zero-order chi connectivity index (χ0) is 15.8. The van der Waals surface area contributed by atoms with Crippen LogP contribution in [-0.4, -0.2) is 24.8 Å². The van der Waals surface area contributed by atoms with Crippen molar-refractivity contribution in [3.63, 3.8) is 0 Å². The molecule has 0 aliphatic rings. The molecule has 116 valence electrons. The van der Waals surface area contributed by atoms with Crippen LogP contribution in [0.25, 0.3) is 0 Å². The lowest BCUT2D eigenvalue weighted by atomic mass is 10.0. The van der Waals surface area contributed by atoms with Gasteiger partial charge in [0.2, 0.25) is 0 Å². The topological polar surface area (TPSA) is 35.5 Å². The number of hydrogen-bond acceptors (Lipinski definition) is 3. The van der Waals surface area contributed by atoms with Gasteiger partial charge in [-0.25, -0.2) is 0 Å². The summed E-state index contributed by atoms with van der Waals surface area (Å²) in [5.74, 6) is 1.21. The third-order valence-corrected chi connectivity index (χ3v) is 3.82. The molecule has 2 aromatic carbocycles. The van der Waals surface area contributed by atoms with Crippen molar-refractivity contribution in [2.24, 2.45) is 0 Å². The minimum atomic E-state index is -0.0428. The van der Waals surface area contributed by atoms with Crippen LogP contribution in [0.15, 0.2) is 48.5 Å². The lowest BCUT2D eigenvalue weighted by Gasteiger charge is -2.12. The molecule has 0 N–H and O–H groups in total. The van der Waals surface area contributed by atoms with Crippen molar-refractivity contribution in [1.29, 1.82) is 0 Å². The Morgan fingerprint density at radius 1 is 1.09 bits per heavy atom. The van der Waals surface area contributed by atoms with Crippen LogP contribution >= 0.6 is 15.9 Å². The largest absolute Gasteiger partial charge is 0.497 e. The quantitative estimate of drug-likeness (QED) is 0.394. The molecule has 0 spiro atoms. The van der Waals surface area contributed by atoms with E-state index in [1.54, 1.807) is 37.4 Å². The Labute approximate surface area is 139 Å². The maximum Gasteiger partial charge on any atom is 0.196 e. The molecule has 0 unspecified atom stereocenters. The van der Waals surface area contributed by atoms with E-state index < -0.39 is 0 Å². The van der Waals surface area contributed by atoms with Gasteiger partial charge in [-0.3, -0.25) is 4.79 Å². The third kappa shape index (κ3) is 4.34. The summed E-state index contributed by atoms with van der Waals surface area (Å²) in [5.41, 5.74) is 1.21. The highest BCUT2D eigenvalue weighted by Gasteiger charge is 2.15. The zero-order valence-corrected chi connectivity index (χ0v) is 14.1. The van der Waals surface area contributed by atoms with Crippen LogP contribution in [-0.2, 0) is 0 Å². The number of benzene rings is 2. The van der Waals surface area contributed by atoms with Crippen LogP contribution in [0, 0.1) is 0 Å². The number of hydrogen-bond donors (Lipinski definition) is 0. The van der Waals surface area contributed by atoms with Crippen molar-refractivity contribution in [3.05, 3.63) is 59.7 Å². The lowest BCUT2D eigenvalue weighted by molar-refractivity contribution is 0.103. The van der Waals surface area contributed by atoms with E-state index >= 15 is 0 Å². The van der Waals surface area contributed by atoms with Gasteiger partial charge >= 0.3 is 0 Å². The monoisotopic (exact) mass is 362 g/mol. The fraction of sp³-hybridized carbons (Fsp3) is 0.278. The lowest BCUT2D eigenvalue weighted by Crippen LogP contribution is -2.07. The first kappa shape index (κ1) is 16.6. The Morgan fingerprint density at radius 3 is 2.55 bits per heavy atom. The van der Waals surface area contributed by atoms with Gasteiger partial charge in [0, 0.05) is 17.0 Å². The van der Waals surface area contributed by atoms with Gasteiger partial charge in [0.05, 0.1) is 19.3 Å². The molecule has 0 saturated heterocycles. The van der Waals surface area contributed by atoms with Crippen molar-refractivity contribution in [3.8, 4) is 11.5 Å². The maximum absolute atomic E-state index is 12.6. The van der Waals surface area contributed by atoms with Crippen molar-refractivity contribution in [2.75, 3.05) is 19.0 Å². The Hall–Kier alpha value is -1.81. The van der Waals surface area contributed by atoms with Crippen LogP contribution in [0.4, 0.5) is 0 Å². The smallest absolute Gasteiger partial charge is 0.196 e. The van der Waals surface area contributed by atoms with E-state index in [-0.39, 0.29) is 5.78 Å². The zero-order valence-electron chi connectivity index (χ0n) is 12.5. The molecule has 0 aliphatic heterocycles. The van der Waals surface area contributed by atoms with Crippen molar-refractivity contribution in [1.82, 2.24) is 0 Å². The third-order valence-electron chi connectivity index (χ3n) is 3.25. The predicted octanol–water partition coefficient (Wildman–Crippen LogP) is 4.48. The molecule has 2 rings (SSSR count). The number of rotatable bonds is 8. The summed E-state index contributed by atoms with van der Waals surface area (Å²) in [6, 6.07) is 14.5. The molecule has 0 aliphatic carbocycles. The summed E-state index contributed by atoms with van der Waals surface area (Å²) in [5, 5.41) is 0.949. The van der Waals surface area contributed by atoms with Gasteiger partial charge in [-0.15, -0.1) is 0 Å². The standard InChI is InChI=1S/C18H19BrO3/c1-21-15-9-10-16(17(13-15)22-12-6-5-11-19)18(20)14-7-3-2-4-8-14/h2-4,7-10,13H,5-6,11-12H2,1H3. The molecule has 3 nitrogen and oxygen atoms in total. The summed E-state index contributed by atoms with van der Waals surface area (Å²) in [6.45, 7) is 0.577. The van der Waals surface area contributed by atoms with Gasteiger partial charge < -0.3 is 9.47 Å². The maximum atomic E-state index is 12.6. The fourth-order valence-electron chi connectivity index (χ4n) is 2.06. The Kier molecular flexibility index (Phi) is 6.46. The van der Waals surface area contributed by atoms with Gasteiger partial charge in [0.1, 0.15) is 11.5 Å². The number of unbranched alkanes of at least 4 members (excludes halogenated alkanes) is 1. The second-order valence-corrected chi connectivity index (χ2v) is 5.59. The summed E-state index contributed by atoms with van der Waals surface area (Å²) >= 11 is 3.40. The van der Waals surface area contributed by atoms with Crippen molar-refractivity contribution >= 4 is 21.7 Å². The number of halogens is 1. The van der Waals surface area contributed by atoms with Gasteiger partial charge in [-0.2, -0.15) is 0 Å². The summed E-state index contributed by atoms with van der Waals surface area (Å²) in [6.07, 6.45) is 1.97. The number of carbonyl (C=O) groups excluding carboxylic acids is 1. The van der Waals surface area contributed by atoms with E-state index in [9.17, 15) is 4.79 Å². The highest BCUT2D eigenvalue weighted by atomic mass is 79.9. The first-order valence-electron chi connectivity index (χ1n) is 7.23. The van der Waals surface area contributed by atoms with E-state index in [1.807, 2.05) is 18.2 Å². The van der Waals surface area contributed by atoms with Gasteiger partial charge in [-0.1, -0.05) is 46.3 Å². The molecule has 0 radical (unpaired) electrons. The number of alkyl halides is 1. The molecular weight excluding hydrogens is 344 g/mol. The number of ether oxygens (including phenoxy) is 2. The highest BCUT2D eigenvalue weighted by Crippen LogP contribution is 2.27. The summed E-state index contributed by atoms with van der Waals surface area (Å²) < 4.78 is 11.0. The van der Waals surface area contributed by atoms with Crippen LogP contribution in [0.5, 0.6) is 11.5 Å². The van der Waals surface area contributed by atoms with Crippen LogP contribution in [0.3, 0.4) is 0 Å². The molecule has 0 amide bonds. The second-order valence-electron chi connectivity index (χ2n) is 4.80. The number of ketones is 1. The van der Waals surface area contributed by atoms with Gasteiger partial charge in [0.25, 0.3) is 0 Å². The summed E-state index contributed by atoms with van der Waals surface area (Å²) in [4.78, 5) is 12.6. The van der Waals surface area contributed by atoms with Crippen molar-refractivity contribution in [2.45, 2.75) is 12.8 Å². The molecule has 0 fully saturated rings.